The van der Waals surface area contributed by atoms with Crippen molar-refractivity contribution in [3.63, 3.8) is 0 Å². The number of carbonyl (C=O) groups is 3. The smallest absolute Gasteiger partial charge is 0.301 e. The molecule has 10 heteroatoms. The van der Waals surface area contributed by atoms with Crippen molar-refractivity contribution in [2.75, 3.05) is 19.1 Å². The zero-order chi connectivity index (χ0) is 24.7. The maximum atomic E-state index is 13.3. The minimum absolute atomic E-state index is 0.128. The molecule has 1 unspecified atom stereocenters. The molecule has 1 aliphatic rings. The van der Waals surface area contributed by atoms with E-state index in [0.29, 0.717) is 28.3 Å². The maximum Gasteiger partial charge on any atom is 0.301 e. The summed E-state index contributed by atoms with van der Waals surface area (Å²) in [7, 11) is 2.96. The second-order valence-corrected chi connectivity index (χ2v) is 7.91. The van der Waals surface area contributed by atoms with Crippen LogP contribution >= 0.6 is 0 Å². The van der Waals surface area contributed by atoms with Crippen molar-refractivity contribution in [1.82, 2.24) is 15.5 Å². The number of aliphatic hydroxyl groups is 1. The zero-order valence-electron chi connectivity index (χ0n) is 19.3. The molecule has 3 N–H and O–H groups in total. The molecule has 10 nitrogen and oxygen atoms in total. The zero-order valence-corrected chi connectivity index (χ0v) is 19.3. The van der Waals surface area contributed by atoms with Gasteiger partial charge in [0.1, 0.15) is 29.0 Å². The Morgan fingerprint density at radius 3 is 2.56 bits per heavy atom. The lowest BCUT2D eigenvalue weighted by molar-refractivity contribution is -0.132. The number of aryl methyl sites for hydroxylation is 2. The van der Waals surface area contributed by atoms with Crippen LogP contribution in [0.15, 0.2) is 40.4 Å². The Labute approximate surface area is 195 Å². The third-order valence-electron chi connectivity index (χ3n) is 5.87. The fourth-order valence-corrected chi connectivity index (χ4v) is 4.31. The van der Waals surface area contributed by atoms with Gasteiger partial charge in [-0.2, -0.15) is 0 Å². The summed E-state index contributed by atoms with van der Waals surface area (Å²) in [5.74, 6) is -1.55. The highest BCUT2D eigenvalue weighted by atomic mass is 16.5. The quantitative estimate of drug-likeness (QED) is 0.300. The average molecular weight is 464 g/mol. The van der Waals surface area contributed by atoms with E-state index in [4.69, 9.17) is 9.26 Å². The lowest BCUT2D eigenvalue weighted by Crippen LogP contribution is -2.29. The summed E-state index contributed by atoms with van der Waals surface area (Å²) in [6.07, 6.45) is 0. The number of nitrogens with zero attached hydrogens (tertiary/aromatic N) is 2. The Hall–Kier alpha value is -4.34. The number of aromatic nitrogens is 2. The SMILES string of the molecule is CNC(=O)c1[nH]c(C)c(/C(O)=C2\C(=O)C(=O)N(c3cc(C)on3)C2c2ccccc2OC)c1C. The first kappa shape index (κ1) is 22.8. The fourth-order valence-electron chi connectivity index (χ4n) is 4.31. The van der Waals surface area contributed by atoms with E-state index < -0.39 is 23.5 Å². The molecule has 2 aromatic heterocycles. The summed E-state index contributed by atoms with van der Waals surface area (Å²) >= 11 is 0. The van der Waals surface area contributed by atoms with Crippen LogP contribution in [0.5, 0.6) is 5.75 Å². The largest absolute Gasteiger partial charge is 0.507 e. The molecular formula is C24H24N4O6. The normalized spacial score (nSPS) is 17.3. The number of benzene rings is 1. The van der Waals surface area contributed by atoms with Gasteiger partial charge in [0.05, 0.1) is 12.7 Å². The van der Waals surface area contributed by atoms with Gasteiger partial charge in [-0.05, 0) is 32.4 Å². The summed E-state index contributed by atoms with van der Waals surface area (Å²) in [4.78, 5) is 42.9. The Bertz CT molecular complexity index is 1350. The van der Waals surface area contributed by atoms with Crippen molar-refractivity contribution in [3.8, 4) is 5.75 Å². The van der Waals surface area contributed by atoms with Crippen LogP contribution in [0.3, 0.4) is 0 Å². The number of ketones is 1. The predicted molar refractivity (Wildman–Crippen MR) is 123 cm³/mol. The number of aromatic amines is 1. The molecule has 34 heavy (non-hydrogen) atoms. The minimum atomic E-state index is -1.04. The lowest BCUT2D eigenvalue weighted by Gasteiger charge is -2.24. The van der Waals surface area contributed by atoms with Crippen molar-refractivity contribution in [1.29, 1.82) is 0 Å². The van der Waals surface area contributed by atoms with Crippen LogP contribution in [0.2, 0.25) is 0 Å². The van der Waals surface area contributed by atoms with E-state index in [0.717, 1.165) is 0 Å². The van der Waals surface area contributed by atoms with E-state index >= 15 is 0 Å². The van der Waals surface area contributed by atoms with Crippen LogP contribution in [-0.4, -0.2) is 47.0 Å². The molecule has 1 aliphatic heterocycles. The molecule has 1 saturated heterocycles. The molecule has 0 saturated carbocycles. The third kappa shape index (κ3) is 3.43. The van der Waals surface area contributed by atoms with Crippen molar-refractivity contribution in [2.24, 2.45) is 0 Å². The number of para-hydroxylation sites is 1. The number of nitrogens with one attached hydrogen (secondary N) is 2. The van der Waals surface area contributed by atoms with Gasteiger partial charge in [-0.3, -0.25) is 19.3 Å². The Balaban J connectivity index is 2.01. The highest BCUT2D eigenvalue weighted by Gasteiger charge is 2.49. The predicted octanol–water partition coefficient (Wildman–Crippen LogP) is 2.92. The van der Waals surface area contributed by atoms with E-state index in [2.05, 4.69) is 15.5 Å². The van der Waals surface area contributed by atoms with Crippen molar-refractivity contribution in [2.45, 2.75) is 26.8 Å². The highest BCUT2D eigenvalue weighted by Crippen LogP contribution is 2.45. The molecule has 1 atom stereocenters. The van der Waals surface area contributed by atoms with Crippen LogP contribution in [-0.2, 0) is 9.59 Å². The standard InChI is InChI=1S/C24H24N4O6/c1-11-10-16(27-34-11)28-20(14-8-6-7-9-15(14)33-5)18(22(30)24(28)32)21(29)17-12(2)19(23(31)25-4)26-13(17)3/h6-10,20,26,29H,1-5H3,(H,25,31)/b21-18+. The first-order chi connectivity index (χ1) is 16.2. The van der Waals surface area contributed by atoms with Gasteiger partial charge in [-0.15, -0.1) is 0 Å². The van der Waals surface area contributed by atoms with Gasteiger partial charge in [0.15, 0.2) is 5.82 Å². The first-order valence-electron chi connectivity index (χ1n) is 10.5. The van der Waals surface area contributed by atoms with Crippen LogP contribution in [0.4, 0.5) is 5.82 Å². The number of hydrogen-bond acceptors (Lipinski definition) is 7. The minimum Gasteiger partial charge on any atom is -0.507 e. The molecular weight excluding hydrogens is 440 g/mol. The maximum absolute atomic E-state index is 13.3. The number of carbonyl (C=O) groups excluding carboxylic acids is 3. The Kier molecular flexibility index (Phi) is 5.74. The summed E-state index contributed by atoms with van der Waals surface area (Å²) in [5, 5.41) is 17.9. The van der Waals surface area contributed by atoms with Gasteiger partial charge in [0.2, 0.25) is 0 Å². The summed E-state index contributed by atoms with van der Waals surface area (Å²) in [6, 6.07) is 7.38. The molecule has 3 heterocycles. The number of rotatable bonds is 5. The monoisotopic (exact) mass is 464 g/mol. The van der Waals surface area contributed by atoms with Gasteiger partial charge in [-0.1, -0.05) is 23.4 Å². The molecule has 3 aromatic rings. The topological polar surface area (TPSA) is 138 Å². The summed E-state index contributed by atoms with van der Waals surface area (Å²) < 4.78 is 10.6. The molecule has 0 spiro atoms. The third-order valence-corrected chi connectivity index (χ3v) is 5.87. The summed E-state index contributed by atoms with van der Waals surface area (Å²) in [5.41, 5.74) is 1.75. The van der Waals surface area contributed by atoms with Gasteiger partial charge >= 0.3 is 5.91 Å². The van der Waals surface area contributed by atoms with Gasteiger partial charge in [-0.25, -0.2) is 0 Å². The van der Waals surface area contributed by atoms with Crippen LogP contribution in [0.1, 0.15) is 44.7 Å². The van der Waals surface area contributed by atoms with Gasteiger partial charge < -0.3 is 24.7 Å². The number of aliphatic hydroxyl groups excluding tert-OH is 1. The van der Waals surface area contributed by atoms with E-state index in [9.17, 15) is 19.5 Å². The number of hydrogen-bond donors (Lipinski definition) is 3. The molecule has 0 bridgehead atoms. The van der Waals surface area contributed by atoms with Gasteiger partial charge in [0, 0.05) is 29.9 Å². The fraction of sp³-hybridized carbons (Fsp3) is 0.250. The molecule has 1 aromatic carbocycles. The van der Waals surface area contributed by atoms with E-state index in [1.807, 2.05) is 0 Å². The van der Waals surface area contributed by atoms with Crippen LogP contribution in [0.25, 0.3) is 5.76 Å². The van der Waals surface area contributed by atoms with Crippen LogP contribution < -0.4 is 15.0 Å². The molecule has 176 valence electrons. The highest BCUT2D eigenvalue weighted by molar-refractivity contribution is 6.51. The molecule has 2 amide bonds. The average Bonchev–Trinajstić information content (AvgIpc) is 3.46. The number of ether oxygens (including phenoxy) is 1. The molecule has 0 aliphatic carbocycles. The van der Waals surface area contributed by atoms with Crippen molar-refractivity contribution < 1.29 is 28.8 Å². The first-order valence-corrected chi connectivity index (χ1v) is 10.5. The van der Waals surface area contributed by atoms with E-state index in [1.54, 1.807) is 45.0 Å². The van der Waals surface area contributed by atoms with Crippen LogP contribution in [0, 0.1) is 20.8 Å². The van der Waals surface area contributed by atoms with Gasteiger partial charge in [0.25, 0.3) is 11.7 Å². The Morgan fingerprint density at radius 2 is 1.94 bits per heavy atom. The number of anilines is 1. The van der Waals surface area contributed by atoms with Crippen molar-refractivity contribution in [3.05, 3.63) is 69.7 Å². The van der Waals surface area contributed by atoms with Crippen molar-refractivity contribution >= 4 is 29.2 Å². The second kappa shape index (κ2) is 8.54. The number of H-pyrrole nitrogens is 1. The van der Waals surface area contributed by atoms with E-state index in [-0.39, 0.29) is 28.6 Å². The number of methoxy groups -OCH3 is 1. The Morgan fingerprint density at radius 1 is 1.24 bits per heavy atom. The molecule has 1 fully saturated rings. The number of amides is 2. The lowest BCUT2D eigenvalue weighted by atomic mass is 9.93. The molecule has 4 rings (SSSR count). The second-order valence-electron chi connectivity index (χ2n) is 7.91. The number of Topliss-reactive ketones (excluding diaryl/α,β-unsaturated/α-hetero) is 1. The summed E-state index contributed by atoms with van der Waals surface area (Å²) in [6.45, 7) is 4.99. The molecule has 0 radical (unpaired) electrons. The van der Waals surface area contributed by atoms with E-state index in [1.165, 1.54) is 25.1 Å².